The van der Waals surface area contributed by atoms with Crippen LogP contribution >= 0.6 is 11.8 Å². The molecular weight excluding hydrogens is 358 g/mol. The Kier molecular flexibility index (Phi) is 5.23. The van der Waals surface area contributed by atoms with Gasteiger partial charge in [0, 0.05) is 28.8 Å². The molecule has 132 valence electrons. The summed E-state index contributed by atoms with van der Waals surface area (Å²) in [6, 6.07) is 9.77. The van der Waals surface area contributed by atoms with Crippen LogP contribution in [-0.4, -0.2) is 37.9 Å². The predicted octanol–water partition coefficient (Wildman–Crippen LogP) is 3.10. The van der Waals surface area contributed by atoms with Crippen LogP contribution in [0.4, 0.5) is 5.69 Å². The number of H-pyrrole nitrogens is 1. The second-order valence-corrected chi connectivity index (χ2v) is 6.01. The molecule has 2 heterocycles. The minimum Gasteiger partial charge on any atom is -0.461 e. The fourth-order valence-corrected chi connectivity index (χ4v) is 3.07. The number of nitrogens with one attached hydrogen (secondary N) is 1. The molecule has 1 N–H and O–H groups in total. The fraction of sp³-hybridized carbons (Fsp3) is 0.125. The molecule has 0 bridgehead atoms. The maximum absolute atomic E-state index is 12.1. The van der Waals surface area contributed by atoms with Crippen molar-refractivity contribution in [1.29, 1.82) is 0 Å². The Balaban J connectivity index is 2.09. The number of nitro groups is 1. The zero-order valence-corrected chi connectivity index (χ0v) is 14.4. The molecule has 0 saturated heterocycles. The van der Waals surface area contributed by atoms with Crippen LogP contribution in [0.25, 0.3) is 11.3 Å². The number of aromatic nitrogens is 4. The molecule has 0 saturated carbocycles. The van der Waals surface area contributed by atoms with Crippen molar-refractivity contribution < 1.29 is 14.5 Å². The molecule has 10 heteroatoms. The topological polar surface area (TPSA) is 124 Å². The summed E-state index contributed by atoms with van der Waals surface area (Å²) in [5.41, 5.74) is 0.427. The second kappa shape index (κ2) is 7.74. The van der Waals surface area contributed by atoms with Gasteiger partial charge < -0.3 is 4.74 Å². The highest BCUT2D eigenvalue weighted by Gasteiger charge is 2.23. The van der Waals surface area contributed by atoms with E-state index in [9.17, 15) is 14.9 Å². The lowest BCUT2D eigenvalue weighted by atomic mass is 10.1. The standard InChI is InChI=1S/C16H13N5O4S/c1-2-25-16(22)15-14(18-20-19-15)11-9-10(21(23)24)6-7-12(11)26-13-5-3-4-8-17-13/h3-9H,2H2,1H3,(H,18,19,20). The summed E-state index contributed by atoms with van der Waals surface area (Å²) in [6.07, 6.45) is 1.65. The Morgan fingerprint density at radius 2 is 2.15 bits per heavy atom. The van der Waals surface area contributed by atoms with E-state index in [-0.39, 0.29) is 23.7 Å². The summed E-state index contributed by atoms with van der Waals surface area (Å²) in [5.74, 6) is -0.656. The van der Waals surface area contributed by atoms with E-state index in [1.807, 2.05) is 12.1 Å². The van der Waals surface area contributed by atoms with Crippen LogP contribution in [0.3, 0.4) is 0 Å². The number of nitro benzene ring substituents is 1. The van der Waals surface area contributed by atoms with Gasteiger partial charge in [0.1, 0.15) is 10.7 Å². The smallest absolute Gasteiger partial charge is 0.361 e. The van der Waals surface area contributed by atoms with Crippen molar-refractivity contribution in [2.24, 2.45) is 0 Å². The van der Waals surface area contributed by atoms with Gasteiger partial charge in [-0.2, -0.15) is 10.3 Å². The van der Waals surface area contributed by atoms with Gasteiger partial charge in [0.15, 0.2) is 5.69 Å². The van der Waals surface area contributed by atoms with Crippen molar-refractivity contribution >= 4 is 23.4 Å². The first-order chi connectivity index (χ1) is 12.6. The minimum atomic E-state index is -0.656. The van der Waals surface area contributed by atoms with Crippen molar-refractivity contribution in [2.45, 2.75) is 16.8 Å². The van der Waals surface area contributed by atoms with Crippen LogP contribution < -0.4 is 0 Å². The normalized spacial score (nSPS) is 10.5. The van der Waals surface area contributed by atoms with Gasteiger partial charge in [-0.15, -0.1) is 5.10 Å². The number of esters is 1. The average Bonchev–Trinajstić information content (AvgIpc) is 3.12. The molecule has 0 spiro atoms. The molecule has 0 aliphatic carbocycles. The van der Waals surface area contributed by atoms with Gasteiger partial charge in [-0.3, -0.25) is 10.1 Å². The van der Waals surface area contributed by atoms with Crippen LogP contribution in [0.5, 0.6) is 0 Å². The Morgan fingerprint density at radius 1 is 1.31 bits per heavy atom. The van der Waals surface area contributed by atoms with E-state index < -0.39 is 10.9 Å². The van der Waals surface area contributed by atoms with Crippen molar-refractivity contribution in [3.8, 4) is 11.3 Å². The lowest BCUT2D eigenvalue weighted by Gasteiger charge is -2.08. The Morgan fingerprint density at radius 3 is 2.85 bits per heavy atom. The van der Waals surface area contributed by atoms with E-state index in [4.69, 9.17) is 4.74 Å². The van der Waals surface area contributed by atoms with E-state index >= 15 is 0 Å². The Bertz CT molecular complexity index is 945. The summed E-state index contributed by atoms with van der Waals surface area (Å²) >= 11 is 1.30. The number of ether oxygens (including phenoxy) is 1. The van der Waals surface area contributed by atoms with E-state index in [0.717, 1.165) is 0 Å². The Labute approximate surface area is 151 Å². The predicted molar refractivity (Wildman–Crippen MR) is 92.8 cm³/mol. The van der Waals surface area contributed by atoms with E-state index in [1.54, 1.807) is 25.3 Å². The van der Waals surface area contributed by atoms with E-state index in [0.29, 0.717) is 15.5 Å². The summed E-state index contributed by atoms with van der Waals surface area (Å²) < 4.78 is 4.97. The summed E-state index contributed by atoms with van der Waals surface area (Å²) in [7, 11) is 0. The molecule has 1 aromatic carbocycles. The SMILES string of the molecule is CCOC(=O)c1n[nH]nc1-c1cc([N+](=O)[O-])ccc1Sc1ccccn1. The number of hydrogen-bond donors (Lipinski definition) is 1. The number of nitrogens with zero attached hydrogens (tertiary/aromatic N) is 4. The molecule has 0 amide bonds. The number of carbonyl (C=O) groups excluding carboxylic acids is 1. The number of hydrogen-bond acceptors (Lipinski definition) is 8. The van der Waals surface area contributed by atoms with Crippen LogP contribution in [0.15, 0.2) is 52.5 Å². The summed E-state index contributed by atoms with van der Waals surface area (Å²) in [5, 5.41) is 22.1. The number of aromatic amines is 1. The van der Waals surface area contributed by atoms with Gasteiger partial charge in [0.2, 0.25) is 0 Å². The third-order valence-electron chi connectivity index (χ3n) is 3.30. The third kappa shape index (κ3) is 3.70. The molecule has 0 fully saturated rings. The van der Waals surface area contributed by atoms with Crippen molar-refractivity contribution in [2.75, 3.05) is 6.61 Å². The molecule has 0 aliphatic rings. The van der Waals surface area contributed by atoms with Gasteiger partial charge in [0.25, 0.3) is 5.69 Å². The van der Waals surface area contributed by atoms with Crippen LogP contribution in [0.2, 0.25) is 0 Å². The zero-order chi connectivity index (χ0) is 18.5. The van der Waals surface area contributed by atoms with E-state index in [1.165, 1.54) is 23.9 Å². The average molecular weight is 371 g/mol. The molecule has 26 heavy (non-hydrogen) atoms. The third-order valence-corrected chi connectivity index (χ3v) is 4.32. The molecule has 0 atom stereocenters. The molecular formula is C16H13N5O4S. The highest BCUT2D eigenvalue weighted by Crippen LogP contribution is 2.37. The van der Waals surface area contributed by atoms with Gasteiger partial charge in [-0.25, -0.2) is 9.78 Å². The molecule has 9 nitrogen and oxygen atoms in total. The van der Waals surface area contributed by atoms with E-state index in [2.05, 4.69) is 20.4 Å². The van der Waals surface area contributed by atoms with Crippen molar-refractivity contribution in [3.63, 3.8) is 0 Å². The molecule has 0 aliphatic heterocycles. The molecule has 0 unspecified atom stereocenters. The largest absolute Gasteiger partial charge is 0.461 e. The maximum Gasteiger partial charge on any atom is 0.361 e. The van der Waals surface area contributed by atoms with Gasteiger partial charge in [0.05, 0.1) is 11.5 Å². The second-order valence-electron chi connectivity index (χ2n) is 4.95. The number of non-ortho nitro benzene ring substituents is 1. The van der Waals surface area contributed by atoms with Crippen molar-refractivity contribution in [1.82, 2.24) is 20.4 Å². The highest BCUT2D eigenvalue weighted by atomic mass is 32.2. The fourth-order valence-electron chi connectivity index (χ4n) is 2.19. The highest BCUT2D eigenvalue weighted by molar-refractivity contribution is 7.99. The van der Waals surface area contributed by atoms with Gasteiger partial charge in [-0.1, -0.05) is 17.8 Å². The monoisotopic (exact) mass is 371 g/mol. The first kappa shape index (κ1) is 17.5. The number of pyridine rings is 1. The summed E-state index contributed by atoms with van der Waals surface area (Å²) in [4.78, 5) is 27.6. The first-order valence-corrected chi connectivity index (χ1v) is 8.37. The van der Waals surface area contributed by atoms with Crippen LogP contribution in [-0.2, 0) is 4.74 Å². The first-order valence-electron chi connectivity index (χ1n) is 7.55. The quantitative estimate of drug-likeness (QED) is 0.398. The molecule has 3 rings (SSSR count). The maximum atomic E-state index is 12.1. The number of carbonyl (C=O) groups is 1. The van der Waals surface area contributed by atoms with Gasteiger partial charge >= 0.3 is 5.97 Å². The lowest BCUT2D eigenvalue weighted by molar-refractivity contribution is -0.384. The van der Waals surface area contributed by atoms with Crippen LogP contribution in [0, 0.1) is 10.1 Å². The zero-order valence-electron chi connectivity index (χ0n) is 13.6. The Hall–Kier alpha value is -3.27. The summed E-state index contributed by atoms with van der Waals surface area (Å²) in [6.45, 7) is 1.85. The van der Waals surface area contributed by atoms with Crippen molar-refractivity contribution in [3.05, 3.63) is 58.4 Å². The lowest BCUT2D eigenvalue weighted by Crippen LogP contribution is -2.07. The molecule has 0 radical (unpaired) electrons. The molecule has 2 aromatic heterocycles. The number of rotatable bonds is 6. The number of benzene rings is 1. The molecule has 3 aromatic rings. The van der Waals surface area contributed by atoms with Crippen LogP contribution in [0.1, 0.15) is 17.4 Å². The van der Waals surface area contributed by atoms with Gasteiger partial charge in [-0.05, 0) is 25.1 Å². The minimum absolute atomic E-state index is 0.0322.